The van der Waals surface area contributed by atoms with Crippen molar-refractivity contribution in [3.8, 4) is 11.5 Å². The second-order valence-electron chi connectivity index (χ2n) is 7.29. The molecule has 0 unspecified atom stereocenters. The molecule has 0 aromatic heterocycles. The number of amides is 2. The Kier molecular flexibility index (Phi) is 8.49. The smallest absolute Gasteiger partial charge is 0.311 e. The van der Waals surface area contributed by atoms with Crippen LogP contribution >= 0.6 is 0 Å². The van der Waals surface area contributed by atoms with Crippen molar-refractivity contribution < 1.29 is 24.0 Å². The third-order valence-corrected chi connectivity index (χ3v) is 5.07. The van der Waals surface area contributed by atoms with Crippen LogP contribution in [-0.2, 0) is 9.59 Å². The summed E-state index contributed by atoms with van der Waals surface area (Å²) in [5, 5.41) is 17.7. The van der Waals surface area contributed by atoms with Gasteiger partial charge in [-0.25, -0.2) is 5.43 Å². The van der Waals surface area contributed by atoms with Crippen molar-refractivity contribution >= 4 is 23.7 Å². The van der Waals surface area contributed by atoms with E-state index in [0.29, 0.717) is 0 Å². The normalized spacial score (nSPS) is 10.7. The average Bonchev–Trinajstić information content (AvgIpc) is 2.88. The molecule has 0 saturated heterocycles. The van der Waals surface area contributed by atoms with Gasteiger partial charge in [0.15, 0.2) is 0 Å². The number of nitro groups is 1. The van der Waals surface area contributed by atoms with Crippen LogP contribution in [0.3, 0.4) is 0 Å². The van der Waals surface area contributed by atoms with Crippen LogP contribution in [0.1, 0.15) is 22.6 Å². The third-order valence-electron chi connectivity index (χ3n) is 5.07. The summed E-state index contributed by atoms with van der Waals surface area (Å²) in [6.45, 7) is -0.313. The highest BCUT2D eigenvalue weighted by Crippen LogP contribution is 2.33. The van der Waals surface area contributed by atoms with E-state index in [1.54, 1.807) is 0 Å². The lowest BCUT2D eigenvalue weighted by Crippen LogP contribution is -2.37. The van der Waals surface area contributed by atoms with Gasteiger partial charge < -0.3 is 14.8 Å². The Hall–Kier alpha value is -4.73. The maximum absolute atomic E-state index is 13.0. The topological polar surface area (TPSA) is 132 Å². The lowest BCUT2D eigenvalue weighted by Gasteiger charge is -2.17. The summed E-state index contributed by atoms with van der Waals surface area (Å²) in [6, 6.07) is 21.1. The van der Waals surface area contributed by atoms with Gasteiger partial charge in [-0.1, -0.05) is 60.7 Å². The molecule has 0 fully saturated rings. The maximum Gasteiger partial charge on any atom is 0.311 e. The molecule has 3 rings (SSSR count). The minimum absolute atomic E-state index is 0.0298. The molecule has 10 nitrogen and oxygen atoms in total. The Labute approximate surface area is 201 Å². The van der Waals surface area contributed by atoms with E-state index in [1.165, 1.54) is 32.6 Å². The molecule has 35 heavy (non-hydrogen) atoms. The van der Waals surface area contributed by atoms with Gasteiger partial charge in [0.25, 0.3) is 5.91 Å². The lowest BCUT2D eigenvalue weighted by molar-refractivity contribution is -0.385. The van der Waals surface area contributed by atoms with Crippen LogP contribution in [0.2, 0.25) is 0 Å². The number of methoxy groups -OCH3 is 2. The highest BCUT2D eigenvalue weighted by Gasteiger charge is 2.23. The number of nitrogens with zero attached hydrogens (tertiary/aromatic N) is 2. The van der Waals surface area contributed by atoms with Crippen molar-refractivity contribution in [1.82, 2.24) is 10.7 Å². The van der Waals surface area contributed by atoms with Crippen molar-refractivity contribution in [2.75, 3.05) is 20.8 Å². The molecule has 3 aromatic rings. The first-order chi connectivity index (χ1) is 16.9. The van der Waals surface area contributed by atoms with Gasteiger partial charge in [0.2, 0.25) is 11.7 Å². The second kappa shape index (κ2) is 11.9. The molecule has 0 aliphatic carbocycles. The summed E-state index contributed by atoms with van der Waals surface area (Å²) in [4.78, 5) is 35.9. The molecule has 2 N–H and O–H groups in total. The van der Waals surface area contributed by atoms with Crippen LogP contribution in [0.5, 0.6) is 11.5 Å². The highest BCUT2D eigenvalue weighted by atomic mass is 16.6. The minimum atomic E-state index is -0.598. The zero-order chi connectivity index (χ0) is 25.2. The van der Waals surface area contributed by atoms with Crippen LogP contribution in [0.15, 0.2) is 77.9 Å². The van der Waals surface area contributed by atoms with Crippen molar-refractivity contribution in [3.63, 3.8) is 0 Å². The fourth-order valence-corrected chi connectivity index (χ4v) is 3.42. The monoisotopic (exact) mass is 476 g/mol. The second-order valence-corrected chi connectivity index (χ2v) is 7.29. The molecule has 0 aliphatic rings. The number of carbonyl (C=O) groups is 2. The van der Waals surface area contributed by atoms with Gasteiger partial charge in [0, 0.05) is 17.7 Å². The average molecular weight is 476 g/mol. The third kappa shape index (κ3) is 6.41. The zero-order valence-corrected chi connectivity index (χ0v) is 19.1. The number of nitro benzene ring substituents is 1. The standard InChI is InChI=1S/C25H24N4O6/c1-34-21-14-22(35-2)20(29(32)33)13-19(21)15-27-28-23(30)16-26-25(31)24(17-9-5-3-6-10-17)18-11-7-4-8-12-18/h3-15,24H,16H2,1-2H3,(H,26,31)(H,28,30). The molecule has 0 spiro atoms. The van der Waals surface area contributed by atoms with Crippen molar-refractivity contribution in [3.05, 3.63) is 99.6 Å². The molecular formula is C25H24N4O6. The summed E-state index contributed by atoms with van der Waals surface area (Å²) in [7, 11) is 2.70. The van der Waals surface area contributed by atoms with Gasteiger partial charge in [-0.15, -0.1) is 0 Å². The van der Waals surface area contributed by atoms with E-state index in [4.69, 9.17) is 9.47 Å². The van der Waals surface area contributed by atoms with Crippen LogP contribution in [0.4, 0.5) is 5.69 Å². The predicted octanol–water partition coefficient (Wildman–Crippen LogP) is 3.01. The van der Waals surface area contributed by atoms with Crippen LogP contribution < -0.4 is 20.2 Å². The van der Waals surface area contributed by atoms with Crippen LogP contribution in [0.25, 0.3) is 0 Å². The molecule has 0 atom stereocenters. The molecule has 0 bridgehead atoms. The molecule has 0 heterocycles. The molecule has 3 aromatic carbocycles. The Bertz CT molecular complexity index is 1180. The number of nitrogens with one attached hydrogen (secondary N) is 2. The largest absolute Gasteiger partial charge is 0.496 e. The van der Waals surface area contributed by atoms with E-state index in [-0.39, 0.29) is 35.2 Å². The first-order valence-corrected chi connectivity index (χ1v) is 10.5. The fraction of sp³-hybridized carbons (Fsp3) is 0.160. The first-order valence-electron chi connectivity index (χ1n) is 10.5. The van der Waals surface area contributed by atoms with Gasteiger partial charge in [0.05, 0.1) is 37.8 Å². The SMILES string of the molecule is COc1cc(OC)c([N+](=O)[O-])cc1C=NNC(=O)CNC(=O)C(c1ccccc1)c1ccccc1. The molecule has 2 amide bonds. The summed E-state index contributed by atoms with van der Waals surface area (Å²) in [6.07, 6.45) is 1.21. The number of hydrazone groups is 1. The maximum atomic E-state index is 13.0. The van der Waals surface area contributed by atoms with Gasteiger partial charge in [-0.3, -0.25) is 19.7 Å². The van der Waals surface area contributed by atoms with Crippen molar-refractivity contribution in [2.24, 2.45) is 5.10 Å². The van der Waals surface area contributed by atoms with E-state index in [2.05, 4.69) is 15.8 Å². The van der Waals surface area contributed by atoms with Gasteiger partial charge >= 0.3 is 5.69 Å². The van der Waals surface area contributed by atoms with Crippen LogP contribution in [0, 0.1) is 10.1 Å². The fourth-order valence-electron chi connectivity index (χ4n) is 3.42. The first kappa shape index (κ1) is 24.9. The van der Waals surface area contributed by atoms with Gasteiger partial charge in [-0.2, -0.15) is 5.10 Å². The Morgan fingerprint density at radius 3 is 2.06 bits per heavy atom. The Morgan fingerprint density at radius 1 is 0.971 bits per heavy atom. The molecule has 0 aliphatic heterocycles. The number of ether oxygens (including phenoxy) is 2. The van der Waals surface area contributed by atoms with Crippen LogP contribution in [-0.4, -0.2) is 43.7 Å². The van der Waals surface area contributed by atoms with Gasteiger partial charge in [0.1, 0.15) is 5.75 Å². The Balaban J connectivity index is 1.66. The molecule has 10 heteroatoms. The quantitative estimate of drug-likeness (QED) is 0.263. The minimum Gasteiger partial charge on any atom is -0.496 e. The number of benzene rings is 3. The Morgan fingerprint density at radius 2 is 1.54 bits per heavy atom. The molecule has 0 saturated carbocycles. The number of rotatable bonds is 10. The van der Waals surface area contributed by atoms with E-state index >= 15 is 0 Å². The van der Waals surface area contributed by atoms with Crippen molar-refractivity contribution in [1.29, 1.82) is 0 Å². The van der Waals surface area contributed by atoms with E-state index in [0.717, 1.165) is 11.1 Å². The van der Waals surface area contributed by atoms with Gasteiger partial charge in [-0.05, 0) is 11.1 Å². The van der Waals surface area contributed by atoms with E-state index < -0.39 is 16.7 Å². The molecule has 180 valence electrons. The summed E-state index contributed by atoms with van der Waals surface area (Å²) in [5.41, 5.74) is 3.87. The predicted molar refractivity (Wildman–Crippen MR) is 130 cm³/mol. The van der Waals surface area contributed by atoms with Crippen molar-refractivity contribution in [2.45, 2.75) is 5.92 Å². The summed E-state index contributed by atoms with van der Waals surface area (Å²) >= 11 is 0. The highest BCUT2D eigenvalue weighted by molar-refractivity contribution is 5.91. The number of hydrogen-bond acceptors (Lipinski definition) is 7. The van der Waals surface area contributed by atoms with E-state index in [1.807, 2.05) is 60.7 Å². The molecule has 0 radical (unpaired) electrons. The number of hydrogen-bond donors (Lipinski definition) is 2. The van der Waals surface area contributed by atoms with E-state index in [9.17, 15) is 19.7 Å². The summed E-state index contributed by atoms with van der Waals surface area (Å²) in [5.74, 6) is -1.20. The summed E-state index contributed by atoms with van der Waals surface area (Å²) < 4.78 is 10.2. The zero-order valence-electron chi connectivity index (χ0n) is 19.1. The molecular weight excluding hydrogens is 452 g/mol. The lowest BCUT2D eigenvalue weighted by atomic mass is 9.90. The number of carbonyl (C=O) groups excluding carboxylic acids is 2.